The summed E-state index contributed by atoms with van der Waals surface area (Å²) in [5, 5.41) is 3.41. The normalized spacial score (nSPS) is 20.2. The molecule has 0 amide bonds. The zero-order valence-corrected chi connectivity index (χ0v) is 10.8. The van der Waals surface area contributed by atoms with Gasteiger partial charge in [-0.2, -0.15) is 11.8 Å². The number of nitrogens with one attached hydrogen (secondary N) is 1. The number of methoxy groups -OCH3 is 1. The molecule has 17 heavy (non-hydrogen) atoms. The Balaban J connectivity index is 2.03. The van der Waals surface area contributed by atoms with Gasteiger partial charge >= 0.3 is 0 Å². The fourth-order valence-corrected chi connectivity index (χ4v) is 2.92. The van der Waals surface area contributed by atoms with Gasteiger partial charge in [0, 0.05) is 25.0 Å². The maximum absolute atomic E-state index is 5.74. The lowest BCUT2D eigenvalue weighted by Gasteiger charge is -2.23. The van der Waals surface area contributed by atoms with Gasteiger partial charge in [-0.1, -0.05) is 0 Å². The van der Waals surface area contributed by atoms with E-state index in [0.29, 0.717) is 24.3 Å². The minimum atomic E-state index is 0.388. The second-order valence-electron chi connectivity index (χ2n) is 4.09. The van der Waals surface area contributed by atoms with Gasteiger partial charge in [0.15, 0.2) is 5.82 Å². The Bertz CT molecular complexity index is 368. The molecule has 1 aromatic heterocycles. The average Bonchev–Trinajstić information content (AvgIpc) is 2.30. The largest absolute Gasteiger partial charge is 0.384 e. The van der Waals surface area contributed by atoms with Crippen molar-refractivity contribution in [2.75, 3.05) is 29.7 Å². The predicted octanol–water partition coefficient (Wildman–Crippen LogP) is 1.51. The minimum absolute atomic E-state index is 0.388. The molecule has 0 aliphatic carbocycles. The first-order valence-electron chi connectivity index (χ1n) is 5.74. The van der Waals surface area contributed by atoms with Crippen molar-refractivity contribution in [1.82, 2.24) is 9.97 Å². The first-order chi connectivity index (χ1) is 8.28. The number of hydrogen-bond acceptors (Lipinski definition) is 6. The molecule has 0 spiro atoms. The van der Waals surface area contributed by atoms with Gasteiger partial charge in [0.25, 0.3) is 0 Å². The van der Waals surface area contributed by atoms with Crippen LogP contribution < -0.4 is 11.1 Å². The van der Waals surface area contributed by atoms with Crippen LogP contribution in [0.5, 0.6) is 0 Å². The molecule has 2 heterocycles. The Hall–Kier alpha value is -1.01. The van der Waals surface area contributed by atoms with Crippen LogP contribution in [0.25, 0.3) is 0 Å². The van der Waals surface area contributed by atoms with Crippen LogP contribution in [-0.2, 0) is 11.3 Å². The van der Waals surface area contributed by atoms with Crippen molar-refractivity contribution in [3.63, 3.8) is 0 Å². The van der Waals surface area contributed by atoms with Crippen LogP contribution in [0.2, 0.25) is 0 Å². The highest BCUT2D eigenvalue weighted by Crippen LogP contribution is 2.20. The van der Waals surface area contributed by atoms with Crippen LogP contribution in [0.4, 0.5) is 11.6 Å². The molecule has 1 saturated heterocycles. The second-order valence-corrected chi connectivity index (χ2v) is 5.24. The Morgan fingerprint density at radius 3 is 3.18 bits per heavy atom. The van der Waals surface area contributed by atoms with Gasteiger partial charge in [0.1, 0.15) is 18.2 Å². The third-order valence-electron chi connectivity index (χ3n) is 2.58. The Kier molecular flexibility index (Phi) is 4.44. The van der Waals surface area contributed by atoms with Crippen molar-refractivity contribution in [1.29, 1.82) is 0 Å². The van der Waals surface area contributed by atoms with Crippen molar-refractivity contribution in [3.8, 4) is 0 Å². The van der Waals surface area contributed by atoms with Crippen LogP contribution in [0, 0.1) is 0 Å². The molecule has 0 aromatic carbocycles. The highest BCUT2D eigenvalue weighted by molar-refractivity contribution is 7.99. The summed E-state index contributed by atoms with van der Waals surface area (Å²) in [5.74, 6) is 4.30. The van der Waals surface area contributed by atoms with E-state index < -0.39 is 0 Å². The van der Waals surface area contributed by atoms with Crippen molar-refractivity contribution in [3.05, 3.63) is 11.9 Å². The van der Waals surface area contributed by atoms with E-state index in [2.05, 4.69) is 15.3 Å². The summed E-state index contributed by atoms with van der Waals surface area (Å²) < 4.78 is 5.02. The van der Waals surface area contributed by atoms with Crippen LogP contribution in [0.15, 0.2) is 6.07 Å². The predicted molar refractivity (Wildman–Crippen MR) is 71.1 cm³/mol. The number of ether oxygens (including phenoxy) is 1. The van der Waals surface area contributed by atoms with Crippen LogP contribution in [0.3, 0.4) is 0 Å². The number of thioether (sulfide) groups is 1. The smallest absolute Gasteiger partial charge is 0.158 e. The zero-order valence-electron chi connectivity index (χ0n) is 9.98. The van der Waals surface area contributed by atoms with Crippen LogP contribution in [-0.4, -0.2) is 34.6 Å². The van der Waals surface area contributed by atoms with Crippen LogP contribution >= 0.6 is 11.8 Å². The fraction of sp³-hybridized carbons (Fsp3) is 0.636. The number of hydrogen-bond donors (Lipinski definition) is 2. The van der Waals surface area contributed by atoms with E-state index in [0.717, 1.165) is 11.6 Å². The molecule has 0 saturated carbocycles. The topological polar surface area (TPSA) is 73.1 Å². The molecular formula is C11H18N4OS. The molecule has 2 rings (SSSR count). The maximum Gasteiger partial charge on any atom is 0.158 e. The monoisotopic (exact) mass is 254 g/mol. The summed E-state index contributed by atoms with van der Waals surface area (Å²) >= 11 is 1.98. The highest BCUT2D eigenvalue weighted by Gasteiger charge is 2.14. The summed E-state index contributed by atoms with van der Waals surface area (Å²) in [7, 11) is 1.62. The number of anilines is 2. The van der Waals surface area contributed by atoms with Crippen molar-refractivity contribution in [2.24, 2.45) is 0 Å². The quantitative estimate of drug-likeness (QED) is 0.848. The lowest BCUT2D eigenvalue weighted by Crippen LogP contribution is -2.26. The molecule has 1 fully saturated rings. The molecule has 5 nitrogen and oxygen atoms in total. The van der Waals surface area contributed by atoms with Gasteiger partial charge in [-0.15, -0.1) is 0 Å². The Labute approximate surface area is 106 Å². The summed E-state index contributed by atoms with van der Waals surface area (Å²) in [6.07, 6.45) is 2.45. The summed E-state index contributed by atoms with van der Waals surface area (Å²) in [5.41, 5.74) is 5.74. The van der Waals surface area contributed by atoms with E-state index >= 15 is 0 Å². The molecule has 0 radical (unpaired) electrons. The molecule has 1 aromatic rings. The van der Waals surface area contributed by atoms with Crippen molar-refractivity contribution >= 4 is 23.4 Å². The third-order valence-corrected chi connectivity index (χ3v) is 3.79. The molecule has 6 heteroatoms. The van der Waals surface area contributed by atoms with E-state index in [9.17, 15) is 0 Å². The van der Waals surface area contributed by atoms with Gasteiger partial charge < -0.3 is 15.8 Å². The molecule has 1 atom stereocenters. The third kappa shape index (κ3) is 3.74. The van der Waals surface area contributed by atoms with Gasteiger partial charge in [0.2, 0.25) is 0 Å². The number of aromatic nitrogens is 2. The van der Waals surface area contributed by atoms with Crippen molar-refractivity contribution in [2.45, 2.75) is 25.5 Å². The standard InChI is InChI=1S/C11H18N4OS/c1-16-6-11-14-9(12)5-10(15-11)13-8-3-2-4-17-7-8/h5,8H,2-4,6-7H2,1H3,(H3,12,13,14,15). The average molecular weight is 254 g/mol. The van der Waals surface area contributed by atoms with Gasteiger partial charge in [-0.05, 0) is 18.6 Å². The van der Waals surface area contributed by atoms with Gasteiger partial charge in [0.05, 0.1) is 0 Å². The van der Waals surface area contributed by atoms with E-state index in [-0.39, 0.29) is 0 Å². The lowest BCUT2D eigenvalue weighted by atomic mass is 10.2. The Morgan fingerprint density at radius 1 is 1.59 bits per heavy atom. The molecular weight excluding hydrogens is 236 g/mol. The minimum Gasteiger partial charge on any atom is -0.384 e. The lowest BCUT2D eigenvalue weighted by molar-refractivity contribution is 0.178. The van der Waals surface area contributed by atoms with Crippen molar-refractivity contribution < 1.29 is 4.74 Å². The van der Waals surface area contributed by atoms with Gasteiger partial charge in [-0.3, -0.25) is 0 Å². The summed E-state index contributed by atoms with van der Waals surface area (Å²) in [4.78, 5) is 8.49. The van der Waals surface area contributed by atoms with E-state index in [1.807, 2.05) is 11.8 Å². The van der Waals surface area contributed by atoms with E-state index in [1.165, 1.54) is 18.6 Å². The SMILES string of the molecule is COCc1nc(N)cc(NC2CCCSC2)n1. The molecule has 1 aliphatic heterocycles. The second kappa shape index (κ2) is 6.07. The molecule has 1 unspecified atom stereocenters. The summed E-state index contributed by atoms with van der Waals surface area (Å²) in [6, 6.07) is 2.26. The molecule has 0 bridgehead atoms. The maximum atomic E-state index is 5.74. The number of nitrogen functional groups attached to an aromatic ring is 1. The molecule has 1 aliphatic rings. The summed E-state index contributed by atoms with van der Waals surface area (Å²) in [6.45, 7) is 0.388. The van der Waals surface area contributed by atoms with E-state index in [4.69, 9.17) is 10.5 Å². The van der Waals surface area contributed by atoms with E-state index in [1.54, 1.807) is 13.2 Å². The first-order valence-corrected chi connectivity index (χ1v) is 6.90. The zero-order chi connectivity index (χ0) is 12.1. The number of nitrogens with zero attached hydrogens (tertiary/aromatic N) is 2. The van der Waals surface area contributed by atoms with Gasteiger partial charge in [-0.25, -0.2) is 9.97 Å². The molecule has 3 N–H and O–H groups in total. The Morgan fingerprint density at radius 2 is 2.47 bits per heavy atom. The first kappa shape index (κ1) is 12.4. The number of nitrogens with two attached hydrogens (primary N) is 1. The fourth-order valence-electron chi connectivity index (χ4n) is 1.85. The number of rotatable bonds is 4. The highest BCUT2D eigenvalue weighted by atomic mass is 32.2. The molecule has 94 valence electrons. The van der Waals surface area contributed by atoms with Crippen LogP contribution in [0.1, 0.15) is 18.7 Å².